The number of ether oxygens (including phenoxy) is 2. The average Bonchev–Trinajstić information content (AvgIpc) is 2.80. The van der Waals surface area contributed by atoms with Crippen molar-refractivity contribution in [3.8, 4) is 5.88 Å². The Morgan fingerprint density at radius 3 is 2.91 bits per heavy atom. The number of halogens is 1. The molecule has 0 radical (unpaired) electrons. The summed E-state index contributed by atoms with van der Waals surface area (Å²) in [5, 5.41) is 1.12. The van der Waals surface area contributed by atoms with Crippen LogP contribution in [-0.2, 0) is 4.74 Å². The van der Waals surface area contributed by atoms with E-state index in [0.29, 0.717) is 19.1 Å². The van der Waals surface area contributed by atoms with E-state index in [-0.39, 0.29) is 11.3 Å². The van der Waals surface area contributed by atoms with Crippen molar-refractivity contribution >= 4 is 28.3 Å². The van der Waals surface area contributed by atoms with Gasteiger partial charge in [-0.1, -0.05) is 0 Å². The number of anilines is 1. The quantitative estimate of drug-likeness (QED) is 0.694. The zero-order valence-corrected chi connectivity index (χ0v) is 13.4. The lowest BCUT2D eigenvalue weighted by Crippen LogP contribution is -2.41. The Kier molecular flexibility index (Phi) is 3.31. The van der Waals surface area contributed by atoms with Gasteiger partial charge >= 0.3 is 0 Å². The second-order valence-electron chi connectivity index (χ2n) is 5.75. The van der Waals surface area contributed by atoms with E-state index < -0.39 is 0 Å². The molecule has 0 bridgehead atoms. The van der Waals surface area contributed by atoms with E-state index in [4.69, 9.17) is 21.1 Å². The average molecular weight is 321 g/mol. The van der Waals surface area contributed by atoms with Crippen molar-refractivity contribution in [2.45, 2.75) is 26.3 Å². The van der Waals surface area contributed by atoms with E-state index in [9.17, 15) is 0 Å². The van der Waals surface area contributed by atoms with E-state index in [2.05, 4.69) is 19.9 Å². The van der Waals surface area contributed by atoms with Gasteiger partial charge in [0.15, 0.2) is 0 Å². The van der Waals surface area contributed by atoms with Gasteiger partial charge in [0.25, 0.3) is 0 Å². The zero-order chi connectivity index (χ0) is 15.3. The van der Waals surface area contributed by atoms with Crippen LogP contribution in [0.25, 0.3) is 10.9 Å². The van der Waals surface area contributed by atoms with Crippen LogP contribution in [0.4, 0.5) is 5.82 Å². The van der Waals surface area contributed by atoms with Gasteiger partial charge < -0.3 is 14.4 Å². The molecule has 1 fully saturated rings. The minimum Gasteiger partial charge on any atom is -0.475 e. The number of fused-ring (bicyclic) bond motifs is 2. The molecular weight excluding hydrogens is 304 g/mol. The molecule has 0 aliphatic carbocycles. The monoisotopic (exact) mass is 320 g/mol. The molecule has 0 amide bonds. The van der Waals surface area contributed by atoms with E-state index in [1.165, 1.54) is 0 Å². The molecule has 22 heavy (non-hydrogen) atoms. The first-order chi connectivity index (χ1) is 10.6. The predicted molar refractivity (Wildman–Crippen MR) is 83.9 cm³/mol. The van der Waals surface area contributed by atoms with Crippen molar-refractivity contribution in [1.82, 2.24) is 15.0 Å². The highest BCUT2D eigenvalue weighted by Crippen LogP contribution is 2.38. The van der Waals surface area contributed by atoms with Crippen LogP contribution in [0.15, 0.2) is 0 Å². The van der Waals surface area contributed by atoms with Gasteiger partial charge in [-0.15, -0.1) is 0 Å². The van der Waals surface area contributed by atoms with Crippen LogP contribution < -0.4 is 9.64 Å². The number of hydrogen-bond acceptors (Lipinski definition) is 6. The molecule has 0 aromatic carbocycles. The summed E-state index contributed by atoms with van der Waals surface area (Å²) in [4.78, 5) is 15.7. The lowest BCUT2D eigenvalue weighted by molar-refractivity contribution is 0.119. The SMILES string of the molecule is Cc1nc2c3c(nc(Cl)nc3c1C)N1CCCOCC1CO2. The maximum Gasteiger partial charge on any atom is 0.227 e. The topological polar surface area (TPSA) is 60.4 Å². The normalized spacial score (nSPS) is 21.0. The molecule has 1 atom stereocenters. The first-order valence-electron chi connectivity index (χ1n) is 7.47. The molecule has 0 spiro atoms. The summed E-state index contributed by atoms with van der Waals surface area (Å²) in [6, 6.07) is 0.117. The van der Waals surface area contributed by atoms with Gasteiger partial charge in [0.2, 0.25) is 11.2 Å². The zero-order valence-electron chi connectivity index (χ0n) is 12.6. The molecule has 0 saturated carbocycles. The van der Waals surface area contributed by atoms with Crippen LogP contribution in [0.3, 0.4) is 0 Å². The summed E-state index contributed by atoms with van der Waals surface area (Å²) in [6.07, 6.45) is 0.952. The molecule has 4 rings (SSSR count). The Hall–Kier alpha value is -1.66. The molecule has 7 heteroatoms. The Morgan fingerprint density at radius 2 is 2.05 bits per heavy atom. The molecule has 4 heterocycles. The highest BCUT2D eigenvalue weighted by atomic mass is 35.5. The number of aromatic nitrogens is 3. The summed E-state index contributed by atoms with van der Waals surface area (Å²) in [7, 11) is 0. The van der Waals surface area contributed by atoms with Crippen molar-refractivity contribution < 1.29 is 9.47 Å². The van der Waals surface area contributed by atoms with Crippen LogP contribution in [0.2, 0.25) is 5.28 Å². The largest absolute Gasteiger partial charge is 0.475 e. The Morgan fingerprint density at radius 1 is 1.18 bits per heavy atom. The number of hydrogen-bond donors (Lipinski definition) is 0. The molecule has 1 unspecified atom stereocenters. The van der Waals surface area contributed by atoms with Gasteiger partial charge in [-0.2, -0.15) is 4.98 Å². The Balaban J connectivity index is 2.02. The van der Waals surface area contributed by atoms with Gasteiger partial charge in [-0.25, -0.2) is 9.97 Å². The molecule has 116 valence electrons. The smallest absolute Gasteiger partial charge is 0.227 e. The van der Waals surface area contributed by atoms with Crippen molar-refractivity contribution in [1.29, 1.82) is 0 Å². The van der Waals surface area contributed by atoms with Gasteiger partial charge in [-0.3, -0.25) is 0 Å². The molecular formula is C15H17ClN4O2. The minimum atomic E-state index is 0.117. The van der Waals surface area contributed by atoms with Crippen LogP contribution in [0.1, 0.15) is 17.7 Å². The lowest BCUT2D eigenvalue weighted by Gasteiger charge is -2.28. The number of aryl methyl sites for hydroxylation is 2. The lowest BCUT2D eigenvalue weighted by atomic mass is 10.1. The Labute approximate surface area is 133 Å². The summed E-state index contributed by atoms with van der Waals surface area (Å²) < 4.78 is 11.6. The van der Waals surface area contributed by atoms with Crippen molar-refractivity contribution in [3.05, 3.63) is 16.5 Å². The molecule has 2 aliphatic rings. The van der Waals surface area contributed by atoms with E-state index >= 15 is 0 Å². The van der Waals surface area contributed by atoms with Gasteiger partial charge in [0.05, 0.1) is 18.2 Å². The highest BCUT2D eigenvalue weighted by Gasteiger charge is 2.31. The Bertz CT molecular complexity index is 752. The van der Waals surface area contributed by atoms with Crippen LogP contribution in [0.5, 0.6) is 5.88 Å². The van der Waals surface area contributed by atoms with Crippen LogP contribution in [-0.4, -0.2) is 47.4 Å². The molecule has 6 nitrogen and oxygen atoms in total. The fraction of sp³-hybridized carbons (Fsp3) is 0.533. The summed E-state index contributed by atoms with van der Waals surface area (Å²) >= 11 is 6.19. The van der Waals surface area contributed by atoms with E-state index in [1.807, 2.05) is 13.8 Å². The van der Waals surface area contributed by atoms with Gasteiger partial charge in [0, 0.05) is 18.8 Å². The molecule has 2 aromatic heterocycles. The van der Waals surface area contributed by atoms with Crippen molar-refractivity contribution in [2.75, 3.05) is 31.3 Å². The summed E-state index contributed by atoms with van der Waals surface area (Å²) in [5.74, 6) is 1.41. The van der Waals surface area contributed by atoms with E-state index in [1.54, 1.807) is 0 Å². The highest BCUT2D eigenvalue weighted by molar-refractivity contribution is 6.29. The fourth-order valence-corrected chi connectivity index (χ4v) is 3.25. The van der Waals surface area contributed by atoms with Gasteiger partial charge in [-0.05, 0) is 37.4 Å². The first kappa shape index (κ1) is 14.0. The van der Waals surface area contributed by atoms with E-state index in [0.717, 1.165) is 47.6 Å². The maximum absolute atomic E-state index is 6.19. The van der Waals surface area contributed by atoms with Crippen molar-refractivity contribution in [2.24, 2.45) is 0 Å². The third kappa shape index (κ3) is 2.09. The minimum absolute atomic E-state index is 0.117. The molecule has 2 aromatic rings. The second-order valence-corrected chi connectivity index (χ2v) is 6.09. The van der Waals surface area contributed by atoms with Crippen LogP contribution >= 0.6 is 11.6 Å². The molecule has 1 saturated heterocycles. The first-order valence-corrected chi connectivity index (χ1v) is 7.84. The summed E-state index contributed by atoms with van der Waals surface area (Å²) in [6.45, 7) is 6.72. The fourth-order valence-electron chi connectivity index (χ4n) is 3.09. The van der Waals surface area contributed by atoms with Crippen LogP contribution in [0, 0.1) is 13.8 Å². The number of nitrogens with zero attached hydrogens (tertiary/aromatic N) is 4. The molecule has 2 aliphatic heterocycles. The summed E-state index contributed by atoms with van der Waals surface area (Å²) in [5.41, 5.74) is 2.73. The third-order valence-electron chi connectivity index (χ3n) is 4.37. The number of rotatable bonds is 0. The standard InChI is InChI=1S/C15H17ClN4O2/c1-8-9(2)17-14-11-12(8)18-15(16)19-13(11)20-4-3-5-21-6-10(20)7-22-14/h10H,3-7H2,1-2H3. The molecule has 0 N–H and O–H groups in total. The van der Waals surface area contributed by atoms with Gasteiger partial charge in [0.1, 0.15) is 17.8 Å². The maximum atomic E-state index is 6.19. The van der Waals surface area contributed by atoms with Crippen molar-refractivity contribution in [3.63, 3.8) is 0 Å². The predicted octanol–water partition coefficient (Wildman–Crippen LogP) is 2.28. The third-order valence-corrected chi connectivity index (χ3v) is 4.54. The number of pyridine rings is 1. The second kappa shape index (κ2) is 5.21.